The summed E-state index contributed by atoms with van der Waals surface area (Å²) in [6, 6.07) is 5.81. The third kappa shape index (κ3) is 6.54. The maximum absolute atomic E-state index is 13.9. The molecule has 4 aliphatic rings. The predicted octanol–water partition coefficient (Wildman–Crippen LogP) is 3.75. The van der Waals surface area contributed by atoms with Gasteiger partial charge in [-0.2, -0.15) is 0 Å². The van der Waals surface area contributed by atoms with Crippen molar-refractivity contribution in [3.05, 3.63) is 48.0 Å². The highest BCUT2D eigenvalue weighted by Gasteiger charge is 2.50. The highest BCUT2D eigenvalue weighted by Crippen LogP contribution is 2.39. The van der Waals surface area contributed by atoms with Crippen LogP contribution < -0.4 is 14.5 Å². The Labute approximate surface area is 277 Å². The van der Waals surface area contributed by atoms with Crippen molar-refractivity contribution in [1.82, 2.24) is 24.8 Å². The molecule has 4 aliphatic heterocycles. The zero-order chi connectivity index (χ0) is 33.3. The van der Waals surface area contributed by atoms with Crippen LogP contribution >= 0.6 is 0 Å². The van der Waals surface area contributed by atoms with E-state index in [2.05, 4.69) is 43.5 Å². The van der Waals surface area contributed by atoms with Crippen molar-refractivity contribution >= 4 is 17.5 Å². The molecule has 0 bridgehead atoms. The lowest BCUT2D eigenvalue weighted by Crippen LogP contribution is -2.68. The number of carboxylic acids is 1. The fraction of sp³-hybridized carbons (Fsp3) is 0.529. The summed E-state index contributed by atoms with van der Waals surface area (Å²) < 4.78 is 46.0. The van der Waals surface area contributed by atoms with E-state index in [9.17, 15) is 18.7 Å². The first kappa shape index (κ1) is 32.2. The van der Waals surface area contributed by atoms with Gasteiger partial charge >= 0.3 is 5.97 Å². The second kappa shape index (κ2) is 13.7. The minimum Gasteiger partial charge on any atom is -0.480 e. The average Bonchev–Trinajstić information content (AvgIpc) is 3.77. The van der Waals surface area contributed by atoms with Crippen LogP contribution in [0.15, 0.2) is 36.7 Å². The standard InChI is InChI=1S/C34H39F2N7O5/c1-22-34(20-46-21-34)47-14-13-42(22)27-15-23(7-6-12-41-10-3-2-4-11-41)18-38-32(27)48-24-16-28(33(44)45)43(19-24)29-17-26(25-8-5-9-37-25)39-31(40-29)30(35)36/h5,8-9,15,17-18,22,24,28,30,37H,2-4,10-14,16,19-21H2,1H3,(H,44,45)/t22-,24-,28-/m0/s1. The Morgan fingerprint density at radius 2 is 2.02 bits per heavy atom. The molecule has 12 nitrogen and oxygen atoms in total. The van der Waals surface area contributed by atoms with Gasteiger partial charge in [0, 0.05) is 37.0 Å². The minimum atomic E-state index is -2.94. The van der Waals surface area contributed by atoms with Crippen molar-refractivity contribution in [2.24, 2.45) is 0 Å². The summed E-state index contributed by atoms with van der Waals surface area (Å²) in [6.45, 7) is 7.07. The maximum Gasteiger partial charge on any atom is 0.326 e. The number of hydrogen-bond donors (Lipinski definition) is 2. The summed E-state index contributed by atoms with van der Waals surface area (Å²) in [5, 5.41) is 10.2. The van der Waals surface area contributed by atoms with Gasteiger partial charge in [-0.1, -0.05) is 18.3 Å². The van der Waals surface area contributed by atoms with Crippen LogP contribution in [0.25, 0.3) is 11.4 Å². The summed E-state index contributed by atoms with van der Waals surface area (Å²) in [7, 11) is 0. The quantitative estimate of drug-likeness (QED) is 0.342. The van der Waals surface area contributed by atoms with Gasteiger partial charge in [-0.15, -0.1) is 0 Å². The molecule has 254 valence electrons. The first-order valence-electron chi connectivity index (χ1n) is 16.5. The van der Waals surface area contributed by atoms with Crippen molar-refractivity contribution in [2.75, 3.05) is 62.3 Å². The number of pyridine rings is 1. The number of halogens is 2. The number of anilines is 2. The molecule has 4 saturated heterocycles. The molecule has 0 amide bonds. The molecule has 1 spiro atoms. The number of likely N-dealkylation sites (tertiary alicyclic amines) is 1. The van der Waals surface area contributed by atoms with E-state index in [0.29, 0.717) is 44.5 Å². The summed E-state index contributed by atoms with van der Waals surface area (Å²) in [6.07, 6.45) is 3.52. The number of piperidine rings is 1. The Morgan fingerprint density at radius 1 is 1.19 bits per heavy atom. The van der Waals surface area contributed by atoms with Crippen LogP contribution in [-0.2, 0) is 14.3 Å². The molecule has 0 saturated carbocycles. The fourth-order valence-electron chi connectivity index (χ4n) is 6.93. The lowest BCUT2D eigenvalue weighted by Gasteiger charge is -2.53. The summed E-state index contributed by atoms with van der Waals surface area (Å²) in [4.78, 5) is 34.3. The van der Waals surface area contributed by atoms with Gasteiger partial charge in [-0.05, 0) is 51.1 Å². The Morgan fingerprint density at radius 3 is 2.73 bits per heavy atom. The summed E-state index contributed by atoms with van der Waals surface area (Å²) >= 11 is 0. The van der Waals surface area contributed by atoms with Gasteiger partial charge in [0.1, 0.15) is 29.3 Å². The van der Waals surface area contributed by atoms with E-state index in [4.69, 9.17) is 19.2 Å². The van der Waals surface area contributed by atoms with E-state index >= 15 is 0 Å². The number of nitrogens with one attached hydrogen (secondary N) is 1. The molecule has 7 rings (SSSR count). The smallest absolute Gasteiger partial charge is 0.326 e. The number of H-pyrrole nitrogens is 1. The van der Waals surface area contributed by atoms with Gasteiger partial charge in [-0.25, -0.2) is 28.5 Å². The van der Waals surface area contributed by atoms with Crippen LogP contribution in [-0.4, -0.2) is 112 Å². The number of carboxylic acid groups (broad SMARTS) is 1. The lowest BCUT2D eigenvalue weighted by molar-refractivity contribution is -0.228. The molecule has 3 aromatic heterocycles. The van der Waals surface area contributed by atoms with Crippen LogP contribution in [0, 0.1) is 11.8 Å². The SMILES string of the molecule is C[C@@H]1N(c2cc(C#CCN3CCCCC3)cnc2O[C@H]2C[C@@H](C(=O)O)N(c3cc(-c4ccc[nH]4)nc(C(F)F)n3)C2)CCOC12COC2. The maximum atomic E-state index is 13.9. The van der Waals surface area contributed by atoms with Crippen molar-refractivity contribution in [2.45, 2.75) is 62.8 Å². The largest absolute Gasteiger partial charge is 0.480 e. The number of morpholine rings is 1. The van der Waals surface area contributed by atoms with E-state index in [1.54, 1.807) is 24.5 Å². The first-order valence-corrected chi connectivity index (χ1v) is 16.5. The van der Waals surface area contributed by atoms with E-state index in [1.807, 2.05) is 6.07 Å². The van der Waals surface area contributed by atoms with Crippen molar-refractivity contribution < 1.29 is 32.9 Å². The fourth-order valence-corrected chi connectivity index (χ4v) is 6.93. The third-order valence-corrected chi connectivity index (χ3v) is 9.69. The third-order valence-electron chi connectivity index (χ3n) is 9.69. The number of aliphatic carboxylic acids is 1. The zero-order valence-corrected chi connectivity index (χ0v) is 26.8. The molecule has 0 aromatic carbocycles. The molecule has 4 fully saturated rings. The second-order valence-electron chi connectivity index (χ2n) is 12.8. The number of hydrogen-bond acceptors (Lipinski definition) is 10. The van der Waals surface area contributed by atoms with Gasteiger partial charge in [0.05, 0.1) is 50.3 Å². The van der Waals surface area contributed by atoms with E-state index in [-0.39, 0.29) is 30.5 Å². The molecule has 0 aliphatic carbocycles. The number of alkyl halides is 2. The number of aromatic nitrogens is 4. The minimum absolute atomic E-state index is 0.0484. The van der Waals surface area contributed by atoms with Gasteiger partial charge < -0.3 is 34.1 Å². The monoisotopic (exact) mass is 663 g/mol. The molecule has 0 radical (unpaired) electrons. The molecular formula is C34H39F2N7O5. The van der Waals surface area contributed by atoms with Crippen LogP contribution in [0.5, 0.6) is 5.88 Å². The summed E-state index contributed by atoms with van der Waals surface area (Å²) in [5.74, 6) is 5.23. The molecule has 3 atom stereocenters. The highest BCUT2D eigenvalue weighted by molar-refractivity contribution is 5.79. The number of aromatic amines is 1. The van der Waals surface area contributed by atoms with Crippen LogP contribution in [0.2, 0.25) is 0 Å². The van der Waals surface area contributed by atoms with Gasteiger partial charge in [0.15, 0.2) is 5.82 Å². The van der Waals surface area contributed by atoms with Gasteiger partial charge in [0.2, 0.25) is 5.88 Å². The first-order chi connectivity index (χ1) is 23.3. The topological polar surface area (TPSA) is 129 Å². The van der Waals surface area contributed by atoms with Crippen molar-refractivity contribution in [1.29, 1.82) is 0 Å². The normalized spacial score (nSPS) is 24.0. The molecule has 0 unspecified atom stereocenters. The van der Waals surface area contributed by atoms with Crippen LogP contribution in [0.3, 0.4) is 0 Å². The van der Waals surface area contributed by atoms with Crippen LogP contribution in [0.4, 0.5) is 20.3 Å². The average molecular weight is 664 g/mol. The number of nitrogens with zero attached hydrogens (tertiary/aromatic N) is 6. The number of rotatable bonds is 8. The van der Waals surface area contributed by atoms with E-state index in [1.165, 1.54) is 30.2 Å². The Bertz CT molecular complexity index is 1670. The molecule has 14 heteroatoms. The Hall–Kier alpha value is -4.32. The van der Waals surface area contributed by atoms with Gasteiger partial charge in [-0.3, -0.25) is 4.90 Å². The highest BCUT2D eigenvalue weighted by atomic mass is 19.3. The van der Waals surface area contributed by atoms with Crippen molar-refractivity contribution in [3.8, 4) is 29.1 Å². The van der Waals surface area contributed by atoms with Crippen molar-refractivity contribution in [3.63, 3.8) is 0 Å². The molecule has 2 N–H and O–H groups in total. The predicted molar refractivity (Wildman–Crippen MR) is 172 cm³/mol. The lowest BCUT2D eigenvalue weighted by atomic mass is 9.90. The Balaban J connectivity index is 1.17. The second-order valence-corrected chi connectivity index (χ2v) is 12.8. The molecule has 48 heavy (non-hydrogen) atoms. The molecule has 7 heterocycles. The molecular weight excluding hydrogens is 624 g/mol. The zero-order valence-electron chi connectivity index (χ0n) is 26.8. The summed E-state index contributed by atoms with van der Waals surface area (Å²) in [5.41, 5.74) is 1.81. The van der Waals surface area contributed by atoms with Crippen LogP contribution in [0.1, 0.15) is 50.4 Å². The number of ether oxygens (including phenoxy) is 3. The van der Waals surface area contributed by atoms with E-state index < -0.39 is 36.0 Å². The number of carbonyl (C=O) groups is 1. The Kier molecular flexibility index (Phi) is 9.17. The molecule has 3 aromatic rings. The van der Waals surface area contributed by atoms with Gasteiger partial charge in [0.25, 0.3) is 6.43 Å². The van der Waals surface area contributed by atoms with E-state index in [0.717, 1.165) is 24.3 Å².